The third kappa shape index (κ3) is 3.74. The summed E-state index contributed by atoms with van der Waals surface area (Å²) in [5.41, 5.74) is -1.91. The van der Waals surface area contributed by atoms with E-state index in [-0.39, 0.29) is 13.0 Å². The maximum atomic E-state index is 13.2. The minimum Gasteiger partial charge on any atom is -0.478 e. The first-order valence-electron chi connectivity index (χ1n) is 5.83. The van der Waals surface area contributed by atoms with Crippen LogP contribution >= 0.6 is 0 Å². The Bertz CT molecular complexity index is 543. The normalized spacial score (nSPS) is 11.2. The number of hydrogen-bond donors (Lipinski definition) is 3. The Morgan fingerprint density at radius 3 is 2.15 bits per heavy atom. The molecule has 0 aromatic heterocycles. The molecule has 0 heterocycles. The Balaban J connectivity index is 3.15. The number of hydrogen-bond acceptors (Lipinski definition) is 3. The van der Waals surface area contributed by atoms with Crippen LogP contribution in [0.25, 0.3) is 0 Å². The molecule has 0 fully saturated rings. The van der Waals surface area contributed by atoms with Gasteiger partial charge in [-0.1, -0.05) is 0 Å². The van der Waals surface area contributed by atoms with Gasteiger partial charge in [0.2, 0.25) is 0 Å². The smallest absolute Gasteiger partial charge is 0.336 e. The van der Waals surface area contributed by atoms with Crippen molar-refractivity contribution in [2.75, 3.05) is 6.61 Å². The number of aliphatic hydroxyl groups is 1. The van der Waals surface area contributed by atoms with Crippen LogP contribution in [0.4, 0.5) is 8.78 Å². The highest BCUT2D eigenvalue weighted by molar-refractivity contribution is 6.05. The molecule has 0 unspecified atom stereocenters. The van der Waals surface area contributed by atoms with Crippen LogP contribution in [0.15, 0.2) is 12.1 Å². The number of benzene rings is 1. The van der Waals surface area contributed by atoms with Gasteiger partial charge < -0.3 is 15.5 Å². The number of aliphatic hydroxyl groups excluding tert-OH is 1. The largest absolute Gasteiger partial charge is 0.478 e. The van der Waals surface area contributed by atoms with Crippen LogP contribution in [0.3, 0.4) is 0 Å². The van der Waals surface area contributed by atoms with Gasteiger partial charge >= 0.3 is 5.97 Å². The predicted molar refractivity (Wildman–Crippen MR) is 66.6 cm³/mol. The van der Waals surface area contributed by atoms with E-state index in [2.05, 4.69) is 5.32 Å². The fraction of sp³-hybridized carbons (Fsp3) is 0.385. The van der Waals surface area contributed by atoms with Crippen molar-refractivity contribution < 1.29 is 28.6 Å². The van der Waals surface area contributed by atoms with Gasteiger partial charge in [0.05, 0.1) is 11.1 Å². The van der Waals surface area contributed by atoms with Gasteiger partial charge in [0.25, 0.3) is 5.91 Å². The average Bonchev–Trinajstić information content (AvgIpc) is 2.30. The van der Waals surface area contributed by atoms with Crippen LogP contribution in [-0.4, -0.2) is 34.2 Å². The molecule has 0 spiro atoms. The molecule has 1 amide bonds. The van der Waals surface area contributed by atoms with Crippen LogP contribution in [-0.2, 0) is 0 Å². The molecule has 0 radical (unpaired) electrons. The molecular weight excluding hydrogens is 272 g/mol. The molecule has 0 aliphatic rings. The molecule has 1 rings (SSSR count). The molecule has 7 heteroatoms. The summed E-state index contributed by atoms with van der Waals surface area (Å²) in [5.74, 6) is -5.03. The van der Waals surface area contributed by atoms with E-state index in [0.717, 1.165) is 0 Å². The number of carboxylic acids is 1. The molecule has 20 heavy (non-hydrogen) atoms. The predicted octanol–water partition coefficient (Wildman–Crippen LogP) is 1.55. The number of carbonyl (C=O) groups is 2. The maximum Gasteiger partial charge on any atom is 0.336 e. The van der Waals surface area contributed by atoms with Gasteiger partial charge in [0.1, 0.15) is 0 Å². The van der Waals surface area contributed by atoms with Gasteiger partial charge in [-0.05, 0) is 32.4 Å². The Morgan fingerprint density at radius 1 is 1.20 bits per heavy atom. The van der Waals surface area contributed by atoms with Gasteiger partial charge in [0.15, 0.2) is 11.6 Å². The molecule has 1 aromatic rings. The Labute approximate surface area is 114 Å². The number of nitrogens with one attached hydrogen (secondary N) is 1. The summed E-state index contributed by atoms with van der Waals surface area (Å²) in [4.78, 5) is 23.0. The standard InChI is InChI=1S/C13H15F2NO4/c1-13(2,3-4-17)16-11(18)7-5-9(14)10(15)6-8(7)12(19)20/h5-6,17H,3-4H2,1-2H3,(H,16,18)(H,19,20). The van der Waals surface area contributed by atoms with Gasteiger partial charge in [-0.15, -0.1) is 0 Å². The fourth-order valence-corrected chi connectivity index (χ4v) is 1.63. The molecule has 1 aromatic carbocycles. The zero-order valence-corrected chi connectivity index (χ0v) is 11.0. The van der Waals surface area contributed by atoms with Crippen LogP contribution in [0.2, 0.25) is 0 Å². The van der Waals surface area contributed by atoms with Crippen molar-refractivity contribution in [2.45, 2.75) is 25.8 Å². The van der Waals surface area contributed by atoms with Gasteiger partial charge in [0, 0.05) is 12.1 Å². The number of amides is 1. The zero-order chi connectivity index (χ0) is 15.5. The monoisotopic (exact) mass is 287 g/mol. The van der Waals surface area contributed by atoms with Crippen molar-refractivity contribution in [1.29, 1.82) is 0 Å². The lowest BCUT2D eigenvalue weighted by Crippen LogP contribution is -2.44. The van der Waals surface area contributed by atoms with E-state index < -0.39 is 40.2 Å². The second-order valence-corrected chi connectivity index (χ2v) is 4.93. The number of carbonyl (C=O) groups excluding carboxylic acids is 1. The summed E-state index contributed by atoms with van der Waals surface area (Å²) in [6.07, 6.45) is 0.227. The molecule has 0 saturated heterocycles. The van der Waals surface area contributed by atoms with Crippen molar-refractivity contribution in [3.63, 3.8) is 0 Å². The van der Waals surface area contributed by atoms with E-state index in [1.807, 2.05) is 0 Å². The van der Waals surface area contributed by atoms with E-state index >= 15 is 0 Å². The molecule has 0 bridgehead atoms. The van der Waals surface area contributed by atoms with Crippen molar-refractivity contribution in [3.05, 3.63) is 34.9 Å². The summed E-state index contributed by atoms with van der Waals surface area (Å²) in [6, 6.07) is 1.01. The van der Waals surface area contributed by atoms with E-state index in [9.17, 15) is 18.4 Å². The van der Waals surface area contributed by atoms with Crippen molar-refractivity contribution in [1.82, 2.24) is 5.32 Å². The van der Waals surface area contributed by atoms with Crippen molar-refractivity contribution in [2.24, 2.45) is 0 Å². The lowest BCUT2D eigenvalue weighted by atomic mass is 9.99. The first-order valence-corrected chi connectivity index (χ1v) is 5.83. The zero-order valence-electron chi connectivity index (χ0n) is 11.0. The molecule has 0 atom stereocenters. The highest BCUT2D eigenvalue weighted by Gasteiger charge is 2.25. The third-order valence-corrected chi connectivity index (χ3v) is 2.72. The molecular formula is C13H15F2NO4. The average molecular weight is 287 g/mol. The Kier molecular flexibility index (Phi) is 4.78. The molecule has 0 aliphatic heterocycles. The van der Waals surface area contributed by atoms with Crippen LogP contribution < -0.4 is 5.32 Å². The highest BCUT2D eigenvalue weighted by Crippen LogP contribution is 2.17. The van der Waals surface area contributed by atoms with E-state index in [1.165, 1.54) is 0 Å². The van der Waals surface area contributed by atoms with Crippen LogP contribution in [0.1, 0.15) is 41.0 Å². The summed E-state index contributed by atoms with van der Waals surface area (Å²) in [6.45, 7) is 3.04. The van der Waals surface area contributed by atoms with E-state index in [1.54, 1.807) is 13.8 Å². The summed E-state index contributed by atoms with van der Waals surface area (Å²) in [5, 5.41) is 20.2. The summed E-state index contributed by atoms with van der Waals surface area (Å²) < 4.78 is 26.2. The lowest BCUT2D eigenvalue weighted by Gasteiger charge is -2.25. The minimum absolute atomic E-state index is 0.184. The second kappa shape index (κ2) is 5.96. The highest BCUT2D eigenvalue weighted by atomic mass is 19.2. The van der Waals surface area contributed by atoms with Crippen molar-refractivity contribution >= 4 is 11.9 Å². The Hall–Kier alpha value is -2.02. The molecule has 3 N–H and O–H groups in total. The van der Waals surface area contributed by atoms with E-state index in [4.69, 9.17) is 10.2 Å². The number of rotatable bonds is 5. The quantitative estimate of drug-likeness (QED) is 0.767. The molecule has 0 aliphatic carbocycles. The van der Waals surface area contributed by atoms with Gasteiger partial charge in [-0.2, -0.15) is 0 Å². The van der Waals surface area contributed by atoms with Crippen LogP contribution in [0, 0.1) is 11.6 Å². The first kappa shape index (κ1) is 16.0. The molecule has 5 nitrogen and oxygen atoms in total. The number of carboxylic acid groups (broad SMARTS) is 1. The molecule has 0 saturated carbocycles. The maximum absolute atomic E-state index is 13.2. The van der Waals surface area contributed by atoms with Gasteiger partial charge in [-0.25, -0.2) is 13.6 Å². The Morgan fingerprint density at radius 2 is 1.70 bits per heavy atom. The van der Waals surface area contributed by atoms with Gasteiger partial charge in [-0.3, -0.25) is 4.79 Å². The van der Waals surface area contributed by atoms with E-state index in [0.29, 0.717) is 12.1 Å². The van der Waals surface area contributed by atoms with Crippen LogP contribution in [0.5, 0.6) is 0 Å². The topological polar surface area (TPSA) is 86.6 Å². The fourth-order valence-electron chi connectivity index (χ4n) is 1.63. The third-order valence-electron chi connectivity index (χ3n) is 2.72. The summed E-state index contributed by atoms with van der Waals surface area (Å²) in [7, 11) is 0. The second-order valence-electron chi connectivity index (χ2n) is 4.93. The molecule has 110 valence electrons. The number of halogens is 2. The summed E-state index contributed by atoms with van der Waals surface area (Å²) >= 11 is 0. The first-order chi connectivity index (χ1) is 9.18. The number of aromatic carboxylic acids is 1. The minimum atomic E-state index is -1.53. The SMILES string of the molecule is CC(C)(CCO)NC(=O)c1cc(F)c(F)cc1C(=O)O. The van der Waals surface area contributed by atoms with Crippen molar-refractivity contribution in [3.8, 4) is 0 Å². The lowest BCUT2D eigenvalue weighted by molar-refractivity contribution is 0.0688.